The first kappa shape index (κ1) is 13.0. The number of pyridine rings is 1. The van der Waals surface area contributed by atoms with Crippen LogP contribution in [0.25, 0.3) is 0 Å². The van der Waals surface area contributed by atoms with Gasteiger partial charge in [-0.2, -0.15) is 0 Å². The van der Waals surface area contributed by atoms with Gasteiger partial charge in [0.25, 0.3) is 0 Å². The Morgan fingerprint density at radius 2 is 2.21 bits per heavy atom. The molecule has 2 aliphatic heterocycles. The first-order valence-corrected chi connectivity index (χ1v) is 7.20. The molecule has 0 saturated carbocycles. The van der Waals surface area contributed by atoms with Crippen LogP contribution in [0, 0.1) is 0 Å². The van der Waals surface area contributed by atoms with Gasteiger partial charge in [-0.3, -0.25) is 4.98 Å². The van der Waals surface area contributed by atoms with Gasteiger partial charge in [-0.05, 0) is 37.3 Å². The summed E-state index contributed by atoms with van der Waals surface area (Å²) in [4.78, 5) is 4.15. The summed E-state index contributed by atoms with van der Waals surface area (Å²) < 4.78 is 11.5. The Morgan fingerprint density at radius 3 is 3.00 bits per heavy atom. The summed E-state index contributed by atoms with van der Waals surface area (Å²) in [5, 5.41) is 3.65. The van der Waals surface area contributed by atoms with Gasteiger partial charge >= 0.3 is 0 Å². The quantitative estimate of drug-likeness (QED) is 0.903. The highest BCUT2D eigenvalue weighted by molar-refractivity contribution is 5.08. The Balaban J connectivity index is 1.53. The molecule has 0 aromatic carbocycles. The molecule has 104 valence electrons. The topological polar surface area (TPSA) is 43.4 Å². The second kappa shape index (κ2) is 5.99. The molecule has 0 radical (unpaired) electrons. The van der Waals surface area contributed by atoms with E-state index in [0.29, 0.717) is 6.04 Å². The average molecular weight is 262 g/mol. The van der Waals surface area contributed by atoms with Crippen LogP contribution in [-0.4, -0.2) is 36.4 Å². The normalized spacial score (nSPS) is 26.4. The first-order valence-electron chi connectivity index (χ1n) is 7.20. The number of ether oxygens (including phenoxy) is 2. The van der Waals surface area contributed by atoms with Crippen LogP contribution in [0.3, 0.4) is 0 Å². The van der Waals surface area contributed by atoms with Crippen molar-refractivity contribution in [2.45, 2.75) is 43.9 Å². The maximum Gasteiger partial charge on any atom is 0.0741 e. The van der Waals surface area contributed by atoms with Crippen LogP contribution in [-0.2, 0) is 16.0 Å². The van der Waals surface area contributed by atoms with Crippen molar-refractivity contribution >= 4 is 0 Å². The largest absolute Gasteiger partial charge is 0.381 e. The highest BCUT2D eigenvalue weighted by atomic mass is 16.5. The zero-order valence-electron chi connectivity index (χ0n) is 11.3. The molecule has 1 N–H and O–H groups in total. The van der Waals surface area contributed by atoms with E-state index in [9.17, 15) is 0 Å². The van der Waals surface area contributed by atoms with E-state index in [1.165, 1.54) is 5.56 Å². The van der Waals surface area contributed by atoms with E-state index in [-0.39, 0.29) is 5.60 Å². The Hall–Kier alpha value is -0.970. The summed E-state index contributed by atoms with van der Waals surface area (Å²) >= 11 is 0. The molecule has 1 aromatic heterocycles. The maximum atomic E-state index is 6.06. The van der Waals surface area contributed by atoms with Crippen molar-refractivity contribution in [3.8, 4) is 0 Å². The molecule has 1 spiro atoms. The average Bonchev–Trinajstić information content (AvgIpc) is 2.47. The highest BCUT2D eigenvalue weighted by Gasteiger charge is 2.38. The predicted octanol–water partition coefficient (Wildman–Crippen LogP) is 1.90. The van der Waals surface area contributed by atoms with Crippen LogP contribution >= 0.6 is 0 Å². The molecule has 0 amide bonds. The van der Waals surface area contributed by atoms with Crippen LogP contribution in [0.4, 0.5) is 0 Å². The third kappa shape index (κ3) is 3.32. The molecule has 4 nitrogen and oxygen atoms in total. The smallest absolute Gasteiger partial charge is 0.0741 e. The molecule has 2 aliphatic rings. The molecule has 19 heavy (non-hydrogen) atoms. The first-order chi connectivity index (χ1) is 9.36. The van der Waals surface area contributed by atoms with Gasteiger partial charge in [0, 0.05) is 44.8 Å². The van der Waals surface area contributed by atoms with Gasteiger partial charge in [0.1, 0.15) is 0 Å². The van der Waals surface area contributed by atoms with Crippen LogP contribution in [0.2, 0.25) is 0 Å². The molecule has 4 heteroatoms. The van der Waals surface area contributed by atoms with E-state index in [2.05, 4.69) is 16.4 Å². The minimum absolute atomic E-state index is 0.0725. The van der Waals surface area contributed by atoms with Crippen molar-refractivity contribution in [2.24, 2.45) is 0 Å². The summed E-state index contributed by atoms with van der Waals surface area (Å²) in [7, 11) is 0. The second-order valence-corrected chi connectivity index (χ2v) is 5.58. The van der Waals surface area contributed by atoms with Crippen molar-refractivity contribution in [1.82, 2.24) is 10.3 Å². The fourth-order valence-corrected chi connectivity index (χ4v) is 3.06. The van der Waals surface area contributed by atoms with Crippen molar-refractivity contribution in [3.63, 3.8) is 0 Å². The second-order valence-electron chi connectivity index (χ2n) is 5.58. The van der Waals surface area contributed by atoms with Crippen LogP contribution in [0.5, 0.6) is 0 Å². The van der Waals surface area contributed by atoms with Crippen LogP contribution in [0.15, 0.2) is 24.5 Å². The SMILES string of the molecule is c1cncc(CNC2CCOC3(CCOCC3)C2)c1. The van der Waals surface area contributed by atoms with Gasteiger partial charge in [-0.25, -0.2) is 0 Å². The van der Waals surface area contributed by atoms with Crippen molar-refractivity contribution in [1.29, 1.82) is 0 Å². The molecule has 0 bridgehead atoms. The lowest BCUT2D eigenvalue weighted by molar-refractivity contribution is -0.140. The Morgan fingerprint density at radius 1 is 1.32 bits per heavy atom. The fourth-order valence-electron chi connectivity index (χ4n) is 3.06. The summed E-state index contributed by atoms with van der Waals surface area (Å²) in [5.74, 6) is 0. The minimum atomic E-state index is 0.0725. The molecular weight excluding hydrogens is 240 g/mol. The number of aromatic nitrogens is 1. The van der Waals surface area contributed by atoms with E-state index in [4.69, 9.17) is 9.47 Å². The number of nitrogens with zero attached hydrogens (tertiary/aromatic N) is 1. The standard InChI is InChI=1S/C15H22N2O2/c1-2-13(11-16-6-1)12-17-14-3-7-19-15(10-14)4-8-18-9-5-15/h1-2,6,11,14,17H,3-5,7-10,12H2. The van der Waals surface area contributed by atoms with E-state index in [0.717, 1.165) is 52.0 Å². The summed E-state index contributed by atoms with van der Waals surface area (Å²) in [6.45, 7) is 3.44. The highest BCUT2D eigenvalue weighted by Crippen LogP contribution is 2.34. The molecule has 2 fully saturated rings. The zero-order valence-corrected chi connectivity index (χ0v) is 11.3. The summed E-state index contributed by atoms with van der Waals surface area (Å²) in [6, 6.07) is 4.65. The number of hydrogen-bond donors (Lipinski definition) is 1. The third-order valence-electron chi connectivity index (χ3n) is 4.21. The lowest BCUT2D eigenvalue weighted by atomic mass is 9.84. The number of rotatable bonds is 3. The predicted molar refractivity (Wildman–Crippen MR) is 72.8 cm³/mol. The Bertz CT molecular complexity index is 385. The van der Waals surface area contributed by atoms with E-state index in [1.807, 2.05) is 18.5 Å². The van der Waals surface area contributed by atoms with Crippen molar-refractivity contribution in [2.75, 3.05) is 19.8 Å². The van der Waals surface area contributed by atoms with Crippen LogP contribution in [0.1, 0.15) is 31.2 Å². The Labute approximate surface area is 114 Å². The van der Waals surface area contributed by atoms with Gasteiger partial charge in [0.2, 0.25) is 0 Å². The molecule has 0 aliphatic carbocycles. The Kier molecular flexibility index (Phi) is 4.11. The fraction of sp³-hybridized carbons (Fsp3) is 0.667. The van der Waals surface area contributed by atoms with Gasteiger partial charge in [-0.1, -0.05) is 6.07 Å². The number of hydrogen-bond acceptors (Lipinski definition) is 4. The molecule has 1 unspecified atom stereocenters. The van der Waals surface area contributed by atoms with E-state index in [1.54, 1.807) is 0 Å². The minimum Gasteiger partial charge on any atom is -0.381 e. The molecule has 1 aromatic rings. The molecule has 1 atom stereocenters. The van der Waals surface area contributed by atoms with E-state index >= 15 is 0 Å². The van der Waals surface area contributed by atoms with Crippen molar-refractivity contribution in [3.05, 3.63) is 30.1 Å². The van der Waals surface area contributed by atoms with Gasteiger partial charge in [0.15, 0.2) is 0 Å². The molecule has 3 rings (SSSR count). The van der Waals surface area contributed by atoms with Crippen molar-refractivity contribution < 1.29 is 9.47 Å². The lowest BCUT2D eigenvalue weighted by Crippen LogP contribution is -2.49. The number of nitrogens with one attached hydrogen (secondary N) is 1. The molecule has 2 saturated heterocycles. The molecular formula is C15H22N2O2. The van der Waals surface area contributed by atoms with Crippen LogP contribution < -0.4 is 5.32 Å². The third-order valence-corrected chi connectivity index (χ3v) is 4.21. The van der Waals surface area contributed by atoms with Gasteiger partial charge in [-0.15, -0.1) is 0 Å². The summed E-state index contributed by atoms with van der Waals surface area (Å²) in [6.07, 6.45) is 8.03. The lowest BCUT2D eigenvalue weighted by Gasteiger charge is -2.43. The maximum absolute atomic E-state index is 6.06. The monoisotopic (exact) mass is 262 g/mol. The zero-order chi connectivity index (χ0) is 13.0. The van der Waals surface area contributed by atoms with Gasteiger partial charge in [0.05, 0.1) is 5.60 Å². The van der Waals surface area contributed by atoms with Gasteiger partial charge < -0.3 is 14.8 Å². The van der Waals surface area contributed by atoms with E-state index < -0.39 is 0 Å². The summed E-state index contributed by atoms with van der Waals surface area (Å²) in [5.41, 5.74) is 1.32. The molecule has 3 heterocycles.